The summed E-state index contributed by atoms with van der Waals surface area (Å²) in [4.78, 5) is 26.9. The summed E-state index contributed by atoms with van der Waals surface area (Å²) in [6.07, 6.45) is 0.537. The van der Waals surface area contributed by atoms with Crippen LogP contribution in [0.3, 0.4) is 0 Å². The Labute approximate surface area is 159 Å². The molecule has 1 saturated heterocycles. The summed E-state index contributed by atoms with van der Waals surface area (Å²) >= 11 is 0. The van der Waals surface area contributed by atoms with Crippen molar-refractivity contribution in [1.82, 2.24) is 4.90 Å². The molecule has 0 spiro atoms. The van der Waals surface area contributed by atoms with E-state index in [1.165, 1.54) is 0 Å². The molecule has 0 bridgehead atoms. The fourth-order valence-corrected chi connectivity index (χ4v) is 5.01. The Balaban J connectivity index is 1.69. The van der Waals surface area contributed by atoms with Crippen LogP contribution in [0.5, 0.6) is 0 Å². The zero-order valence-electron chi connectivity index (χ0n) is 15.1. The molecule has 1 heterocycles. The average Bonchev–Trinajstić information content (AvgIpc) is 3.02. The number of rotatable bonds is 6. The van der Waals surface area contributed by atoms with Crippen LogP contribution in [0, 0.1) is 0 Å². The van der Waals surface area contributed by atoms with Gasteiger partial charge in [-0.2, -0.15) is 0 Å². The molecule has 1 aliphatic heterocycles. The number of nitrogens with zero attached hydrogens (tertiary/aromatic N) is 1. The molecule has 1 fully saturated rings. The number of carbonyl (C=O) groups excluding carboxylic acids is 2. The summed E-state index contributed by atoms with van der Waals surface area (Å²) in [5.74, 6) is -0.199. The van der Waals surface area contributed by atoms with Crippen molar-refractivity contribution in [2.45, 2.75) is 12.5 Å². The van der Waals surface area contributed by atoms with Crippen LogP contribution in [0.4, 0.5) is 5.69 Å². The highest BCUT2D eigenvalue weighted by Crippen LogP contribution is 2.20. The smallest absolute Gasteiger partial charge is 0.238 e. The summed E-state index contributed by atoms with van der Waals surface area (Å²) in [7, 11) is -1.26. The van der Waals surface area contributed by atoms with E-state index in [0.29, 0.717) is 23.2 Å². The molecule has 1 atom stereocenters. The van der Waals surface area contributed by atoms with Crippen molar-refractivity contribution >= 4 is 27.2 Å². The Hall–Kier alpha value is -2.51. The van der Waals surface area contributed by atoms with Gasteiger partial charge < -0.3 is 5.32 Å². The van der Waals surface area contributed by atoms with Crippen molar-refractivity contribution in [2.75, 3.05) is 30.4 Å². The molecule has 3 rings (SSSR count). The van der Waals surface area contributed by atoms with E-state index in [2.05, 4.69) is 5.32 Å². The van der Waals surface area contributed by atoms with Gasteiger partial charge in [0.1, 0.15) is 0 Å². The van der Waals surface area contributed by atoms with E-state index in [1.54, 1.807) is 60.5 Å². The number of amides is 1. The molecule has 0 saturated carbocycles. The molecule has 2 aromatic rings. The maximum Gasteiger partial charge on any atom is 0.238 e. The van der Waals surface area contributed by atoms with E-state index in [4.69, 9.17) is 0 Å². The van der Waals surface area contributed by atoms with E-state index >= 15 is 0 Å². The van der Waals surface area contributed by atoms with Gasteiger partial charge in [0, 0.05) is 17.2 Å². The largest absolute Gasteiger partial charge is 0.324 e. The Morgan fingerprint density at radius 2 is 1.74 bits per heavy atom. The van der Waals surface area contributed by atoms with E-state index in [9.17, 15) is 18.0 Å². The molecule has 1 amide bonds. The van der Waals surface area contributed by atoms with Crippen LogP contribution in [-0.2, 0) is 14.6 Å². The lowest BCUT2D eigenvalue weighted by Gasteiger charge is -2.22. The summed E-state index contributed by atoms with van der Waals surface area (Å²) in [5.41, 5.74) is 1.42. The molecule has 142 valence electrons. The zero-order valence-corrected chi connectivity index (χ0v) is 15.9. The summed E-state index contributed by atoms with van der Waals surface area (Å²) in [6, 6.07) is 15.6. The highest BCUT2D eigenvalue weighted by Gasteiger charge is 2.31. The van der Waals surface area contributed by atoms with Crippen molar-refractivity contribution in [2.24, 2.45) is 0 Å². The van der Waals surface area contributed by atoms with Crippen LogP contribution >= 0.6 is 0 Å². The molecule has 0 radical (unpaired) electrons. The third-order valence-electron chi connectivity index (χ3n) is 4.71. The third-order valence-corrected chi connectivity index (χ3v) is 6.46. The SMILES string of the molecule is CN(CC(=O)Nc1ccccc1C(=O)c1ccccc1)C1CCS(=O)(=O)C1. The lowest BCUT2D eigenvalue weighted by molar-refractivity contribution is -0.117. The molecule has 1 unspecified atom stereocenters. The second kappa shape index (κ2) is 8.02. The van der Waals surface area contributed by atoms with E-state index in [-0.39, 0.29) is 35.8 Å². The lowest BCUT2D eigenvalue weighted by atomic mass is 10.0. The van der Waals surface area contributed by atoms with Crippen LogP contribution in [0.25, 0.3) is 0 Å². The molecule has 0 aliphatic carbocycles. The van der Waals surface area contributed by atoms with Crippen molar-refractivity contribution in [3.63, 3.8) is 0 Å². The van der Waals surface area contributed by atoms with Crippen molar-refractivity contribution in [1.29, 1.82) is 0 Å². The summed E-state index contributed by atoms with van der Waals surface area (Å²) in [6.45, 7) is 0.0635. The van der Waals surface area contributed by atoms with Gasteiger partial charge in [-0.25, -0.2) is 8.42 Å². The first-order chi connectivity index (χ1) is 12.9. The molecular formula is C20H22N2O4S. The first kappa shape index (κ1) is 19.3. The Morgan fingerprint density at radius 1 is 1.07 bits per heavy atom. The third kappa shape index (κ3) is 4.81. The Bertz CT molecular complexity index is 941. The van der Waals surface area contributed by atoms with Gasteiger partial charge in [-0.15, -0.1) is 0 Å². The number of nitrogens with one attached hydrogen (secondary N) is 1. The van der Waals surface area contributed by atoms with Gasteiger partial charge in [-0.1, -0.05) is 42.5 Å². The fourth-order valence-electron chi connectivity index (χ4n) is 3.20. The molecule has 7 heteroatoms. The number of hydrogen-bond acceptors (Lipinski definition) is 5. The lowest BCUT2D eigenvalue weighted by Crippen LogP contribution is -2.38. The van der Waals surface area contributed by atoms with Gasteiger partial charge in [-0.05, 0) is 25.6 Å². The first-order valence-corrected chi connectivity index (χ1v) is 10.6. The van der Waals surface area contributed by atoms with Gasteiger partial charge in [0.25, 0.3) is 0 Å². The number of sulfone groups is 1. The van der Waals surface area contributed by atoms with E-state index in [1.807, 2.05) is 6.07 Å². The number of likely N-dealkylation sites (N-methyl/N-ethyl adjacent to an activating group) is 1. The highest BCUT2D eigenvalue weighted by molar-refractivity contribution is 7.91. The minimum absolute atomic E-state index is 0.0635. The average molecular weight is 386 g/mol. The number of anilines is 1. The standard InChI is InChI=1S/C20H22N2O4S/c1-22(16-11-12-27(25,26)14-16)13-19(23)21-18-10-6-5-9-17(18)20(24)15-7-3-2-4-8-15/h2-10,16H,11-14H2,1H3,(H,21,23). The number of ketones is 1. The second-order valence-electron chi connectivity index (χ2n) is 6.76. The van der Waals surface area contributed by atoms with Crippen molar-refractivity contribution in [3.05, 3.63) is 65.7 Å². The molecule has 0 aromatic heterocycles. The number of hydrogen-bond donors (Lipinski definition) is 1. The minimum Gasteiger partial charge on any atom is -0.324 e. The first-order valence-electron chi connectivity index (χ1n) is 8.75. The Kier molecular flexibility index (Phi) is 5.72. The molecule has 6 nitrogen and oxygen atoms in total. The number of para-hydroxylation sites is 1. The number of carbonyl (C=O) groups is 2. The van der Waals surface area contributed by atoms with Crippen LogP contribution in [-0.4, -0.2) is 56.1 Å². The molecule has 1 aliphatic rings. The monoisotopic (exact) mass is 386 g/mol. The van der Waals surface area contributed by atoms with Gasteiger partial charge in [0.15, 0.2) is 15.6 Å². The normalized spacial score (nSPS) is 18.4. The predicted molar refractivity (Wildman–Crippen MR) is 105 cm³/mol. The van der Waals surface area contributed by atoms with Gasteiger partial charge in [0.05, 0.1) is 23.7 Å². The molecule has 2 aromatic carbocycles. The predicted octanol–water partition coefficient (Wildman–Crippen LogP) is 1.97. The fraction of sp³-hybridized carbons (Fsp3) is 0.300. The highest BCUT2D eigenvalue weighted by atomic mass is 32.2. The minimum atomic E-state index is -3.00. The van der Waals surface area contributed by atoms with E-state index < -0.39 is 9.84 Å². The van der Waals surface area contributed by atoms with Crippen LogP contribution < -0.4 is 5.32 Å². The Morgan fingerprint density at radius 3 is 2.41 bits per heavy atom. The second-order valence-corrected chi connectivity index (χ2v) is 8.99. The van der Waals surface area contributed by atoms with Gasteiger partial charge in [0.2, 0.25) is 5.91 Å². The summed E-state index contributed by atoms with van der Waals surface area (Å²) in [5, 5.41) is 2.79. The van der Waals surface area contributed by atoms with Crippen LogP contribution in [0.15, 0.2) is 54.6 Å². The van der Waals surface area contributed by atoms with Crippen molar-refractivity contribution in [3.8, 4) is 0 Å². The summed E-state index contributed by atoms with van der Waals surface area (Å²) < 4.78 is 23.2. The van der Waals surface area contributed by atoms with Crippen molar-refractivity contribution < 1.29 is 18.0 Å². The van der Waals surface area contributed by atoms with Gasteiger partial charge in [-0.3, -0.25) is 14.5 Å². The van der Waals surface area contributed by atoms with Crippen LogP contribution in [0.2, 0.25) is 0 Å². The molecule has 1 N–H and O–H groups in total. The van der Waals surface area contributed by atoms with Gasteiger partial charge >= 0.3 is 0 Å². The molecule has 27 heavy (non-hydrogen) atoms. The molecular weight excluding hydrogens is 364 g/mol. The maximum absolute atomic E-state index is 12.7. The van der Waals surface area contributed by atoms with Crippen LogP contribution in [0.1, 0.15) is 22.3 Å². The quantitative estimate of drug-likeness (QED) is 0.768. The zero-order chi connectivity index (χ0) is 19.4. The van der Waals surface area contributed by atoms with E-state index in [0.717, 1.165) is 0 Å². The maximum atomic E-state index is 12.7. The number of benzene rings is 2. The topological polar surface area (TPSA) is 83.6 Å².